The number of amides is 1. The molecule has 0 unspecified atom stereocenters. The molecule has 20 heavy (non-hydrogen) atoms. The van der Waals surface area contributed by atoms with Gasteiger partial charge in [0.1, 0.15) is 5.75 Å². The average Bonchev–Trinajstić information content (AvgIpc) is 3.26. The van der Waals surface area contributed by atoms with Crippen LogP contribution in [0.25, 0.3) is 0 Å². The molecular weight excluding hydrogens is 276 g/mol. The fourth-order valence-electron chi connectivity index (χ4n) is 1.88. The van der Waals surface area contributed by atoms with Crippen molar-refractivity contribution in [2.24, 2.45) is 5.92 Å². The molecule has 1 fully saturated rings. The zero-order valence-corrected chi connectivity index (χ0v) is 12.5. The molecular formula is C15H21ClN2O2. The summed E-state index contributed by atoms with van der Waals surface area (Å²) < 4.78 is 5.60. The number of carbonyl (C=O) groups excluding carboxylic acids is 1. The number of hydrogen-bond donors (Lipinski definition) is 2. The molecule has 110 valence electrons. The highest BCUT2D eigenvalue weighted by Crippen LogP contribution is 2.29. The molecule has 1 aromatic rings. The Labute approximate surface area is 124 Å². The van der Waals surface area contributed by atoms with E-state index in [1.54, 1.807) is 6.07 Å². The first-order chi connectivity index (χ1) is 9.70. The lowest BCUT2D eigenvalue weighted by Gasteiger charge is -2.13. The first-order valence-electron chi connectivity index (χ1n) is 7.08. The maximum absolute atomic E-state index is 11.7. The second kappa shape index (κ2) is 7.50. The summed E-state index contributed by atoms with van der Waals surface area (Å²) in [7, 11) is 0. The van der Waals surface area contributed by atoms with Crippen molar-refractivity contribution in [2.75, 3.05) is 19.7 Å². The highest BCUT2D eigenvalue weighted by molar-refractivity contribution is 6.32. The third-order valence-electron chi connectivity index (χ3n) is 3.25. The normalized spacial score (nSPS) is 14.1. The van der Waals surface area contributed by atoms with Crippen LogP contribution in [0.5, 0.6) is 5.75 Å². The Morgan fingerprint density at radius 3 is 2.95 bits per heavy atom. The topological polar surface area (TPSA) is 50.4 Å². The van der Waals surface area contributed by atoms with Gasteiger partial charge in [-0.1, -0.05) is 30.7 Å². The van der Waals surface area contributed by atoms with Crippen LogP contribution >= 0.6 is 11.6 Å². The summed E-state index contributed by atoms with van der Waals surface area (Å²) in [6, 6.07) is 5.61. The molecule has 0 radical (unpaired) electrons. The summed E-state index contributed by atoms with van der Waals surface area (Å²) in [5.74, 6) is 1.17. The van der Waals surface area contributed by atoms with Crippen LogP contribution in [0.2, 0.25) is 5.02 Å². The van der Waals surface area contributed by atoms with E-state index >= 15 is 0 Å². The van der Waals surface area contributed by atoms with E-state index < -0.39 is 0 Å². The molecule has 1 amide bonds. The number of benzene rings is 1. The first kappa shape index (κ1) is 15.1. The number of halogens is 1. The fourth-order valence-corrected chi connectivity index (χ4v) is 2.13. The maximum Gasteiger partial charge on any atom is 0.257 e. The standard InChI is InChI=1S/C15H21ClN2O2/c1-2-17-9-12-4-3-5-13(16)15(12)20-10-14(19)18-8-11-6-7-11/h3-5,11,17H,2,6-10H2,1H3,(H,18,19). The van der Waals surface area contributed by atoms with Crippen LogP contribution < -0.4 is 15.4 Å². The van der Waals surface area contributed by atoms with E-state index in [1.165, 1.54) is 12.8 Å². The van der Waals surface area contributed by atoms with Gasteiger partial charge in [-0.2, -0.15) is 0 Å². The van der Waals surface area contributed by atoms with Crippen molar-refractivity contribution in [3.8, 4) is 5.75 Å². The SMILES string of the molecule is CCNCc1cccc(Cl)c1OCC(=O)NCC1CC1. The van der Waals surface area contributed by atoms with Crippen LogP contribution in [-0.4, -0.2) is 25.6 Å². The molecule has 0 atom stereocenters. The monoisotopic (exact) mass is 296 g/mol. The van der Waals surface area contributed by atoms with Gasteiger partial charge < -0.3 is 15.4 Å². The number of para-hydroxylation sites is 1. The number of nitrogens with one attached hydrogen (secondary N) is 2. The van der Waals surface area contributed by atoms with E-state index in [0.717, 1.165) is 18.7 Å². The van der Waals surface area contributed by atoms with Crippen LogP contribution in [0.3, 0.4) is 0 Å². The lowest BCUT2D eigenvalue weighted by Crippen LogP contribution is -2.30. The van der Waals surface area contributed by atoms with Gasteiger partial charge in [-0.05, 0) is 31.4 Å². The van der Waals surface area contributed by atoms with E-state index in [1.807, 2.05) is 19.1 Å². The number of hydrogen-bond acceptors (Lipinski definition) is 3. The van der Waals surface area contributed by atoms with Crippen molar-refractivity contribution in [1.82, 2.24) is 10.6 Å². The molecule has 1 aromatic carbocycles. The van der Waals surface area contributed by atoms with Gasteiger partial charge in [0.15, 0.2) is 6.61 Å². The van der Waals surface area contributed by atoms with Crippen LogP contribution in [0, 0.1) is 5.92 Å². The van der Waals surface area contributed by atoms with Crippen LogP contribution in [0.1, 0.15) is 25.3 Å². The molecule has 2 rings (SSSR count). The van der Waals surface area contributed by atoms with Gasteiger partial charge in [-0.15, -0.1) is 0 Å². The molecule has 1 saturated carbocycles. The van der Waals surface area contributed by atoms with Gasteiger partial charge in [0.25, 0.3) is 5.91 Å². The summed E-state index contributed by atoms with van der Waals surface area (Å²) in [6.45, 7) is 4.35. The van der Waals surface area contributed by atoms with E-state index in [9.17, 15) is 4.79 Å². The van der Waals surface area contributed by atoms with E-state index in [4.69, 9.17) is 16.3 Å². The Kier molecular flexibility index (Phi) is 5.68. The molecule has 0 aliphatic heterocycles. The highest BCUT2D eigenvalue weighted by Gasteiger charge is 2.21. The molecule has 0 bridgehead atoms. The maximum atomic E-state index is 11.7. The predicted molar refractivity (Wildman–Crippen MR) is 80.1 cm³/mol. The smallest absolute Gasteiger partial charge is 0.257 e. The van der Waals surface area contributed by atoms with Gasteiger partial charge in [0.05, 0.1) is 5.02 Å². The minimum absolute atomic E-state index is 0.00950. The molecule has 0 heterocycles. The van der Waals surface area contributed by atoms with Crippen LogP contribution in [0.15, 0.2) is 18.2 Å². The Morgan fingerprint density at radius 2 is 2.25 bits per heavy atom. The van der Waals surface area contributed by atoms with Crippen molar-refractivity contribution in [1.29, 1.82) is 0 Å². The lowest BCUT2D eigenvalue weighted by atomic mass is 10.2. The van der Waals surface area contributed by atoms with E-state index in [0.29, 0.717) is 23.2 Å². The Hall–Kier alpha value is -1.26. The van der Waals surface area contributed by atoms with Gasteiger partial charge in [0, 0.05) is 18.7 Å². The second-order valence-electron chi connectivity index (χ2n) is 5.04. The molecule has 0 spiro atoms. The third kappa shape index (κ3) is 4.69. The molecule has 1 aliphatic rings. The largest absolute Gasteiger partial charge is 0.482 e. The first-order valence-corrected chi connectivity index (χ1v) is 7.46. The Bertz CT molecular complexity index is 461. The summed E-state index contributed by atoms with van der Waals surface area (Å²) in [5.41, 5.74) is 0.967. The molecule has 2 N–H and O–H groups in total. The van der Waals surface area contributed by atoms with E-state index in [-0.39, 0.29) is 12.5 Å². The summed E-state index contributed by atoms with van der Waals surface area (Å²) >= 11 is 6.14. The van der Waals surface area contributed by atoms with Gasteiger partial charge in [-0.25, -0.2) is 0 Å². The van der Waals surface area contributed by atoms with Crippen molar-refractivity contribution in [2.45, 2.75) is 26.3 Å². The zero-order valence-electron chi connectivity index (χ0n) is 11.7. The number of rotatable bonds is 8. The summed E-state index contributed by atoms with van der Waals surface area (Å²) in [5, 5.41) is 6.64. The van der Waals surface area contributed by atoms with Crippen molar-refractivity contribution in [3.05, 3.63) is 28.8 Å². The minimum Gasteiger partial charge on any atom is -0.482 e. The molecule has 5 heteroatoms. The molecule has 0 aromatic heterocycles. The zero-order chi connectivity index (χ0) is 14.4. The minimum atomic E-state index is -0.0915. The van der Waals surface area contributed by atoms with E-state index in [2.05, 4.69) is 10.6 Å². The lowest BCUT2D eigenvalue weighted by molar-refractivity contribution is -0.123. The predicted octanol–water partition coefficient (Wildman–Crippen LogP) is 2.35. The van der Waals surface area contributed by atoms with Crippen molar-refractivity contribution < 1.29 is 9.53 Å². The Morgan fingerprint density at radius 1 is 1.45 bits per heavy atom. The Balaban J connectivity index is 1.87. The average molecular weight is 297 g/mol. The summed E-state index contributed by atoms with van der Waals surface area (Å²) in [6.07, 6.45) is 2.44. The van der Waals surface area contributed by atoms with Crippen molar-refractivity contribution in [3.63, 3.8) is 0 Å². The molecule has 0 saturated heterocycles. The van der Waals surface area contributed by atoms with Gasteiger partial charge in [0.2, 0.25) is 0 Å². The van der Waals surface area contributed by atoms with Gasteiger partial charge >= 0.3 is 0 Å². The highest BCUT2D eigenvalue weighted by atomic mass is 35.5. The quantitative estimate of drug-likeness (QED) is 0.774. The molecule has 4 nitrogen and oxygen atoms in total. The van der Waals surface area contributed by atoms with Gasteiger partial charge in [-0.3, -0.25) is 4.79 Å². The third-order valence-corrected chi connectivity index (χ3v) is 3.54. The van der Waals surface area contributed by atoms with Crippen molar-refractivity contribution >= 4 is 17.5 Å². The summed E-state index contributed by atoms with van der Waals surface area (Å²) in [4.78, 5) is 11.7. The van der Waals surface area contributed by atoms with Crippen LogP contribution in [-0.2, 0) is 11.3 Å². The second-order valence-corrected chi connectivity index (χ2v) is 5.45. The fraction of sp³-hybridized carbons (Fsp3) is 0.533. The number of ether oxygens (including phenoxy) is 1. The van der Waals surface area contributed by atoms with Crippen LogP contribution in [0.4, 0.5) is 0 Å². The number of carbonyl (C=O) groups is 1. The molecule has 1 aliphatic carbocycles.